The Morgan fingerprint density at radius 2 is 1.86 bits per heavy atom. The summed E-state index contributed by atoms with van der Waals surface area (Å²) in [6.07, 6.45) is 0.252. The van der Waals surface area contributed by atoms with Gasteiger partial charge >= 0.3 is 0 Å². The number of aliphatic hydroxyl groups excluding tert-OH is 2. The first-order valence-electron chi connectivity index (χ1n) is 12.0. The van der Waals surface area contributed by atoms with E-state index in [1.54, 1.807) is 20.2 Å². The van der Waals surface area contributed by atoms with Crippen LogP contribution in [0.3, 0.4) is 0 Å². The van der Waals surface area contributed by atoms with Crippen LogP contribution in [0.5, 0.6) is 5.75 Å². The second-order valence-corrected chi connectivity index (χ2v) is 11.1. The maximum absolute atomic E-state index is 13.7. The molecule has 0 saturated carbocycles. The third-order valence-corrected chi connectivity index (χ3v) is 7.34. The normalized spacial score (nSPS) is 27.8. The van der Waals surface area contributed by atoms with Gasteiger partial charge in [0, 0.05) is 18.0 Å². The van der Waals surface area contributed by atoms with E-state index in [0.717, 1.165) is 0 Å². The number of phenolic OH excluding ortho intramolecular Hbond substituents is 1. The summed E-state index contributed by atoms with van der Waals surface area (Å²) in [5.41, 5.74) is 5.31. The van der Waals surface area contributed by atoms with Crippen molar-refractivity contribution in [2.45, 2.75) is 57.4 Å². The number of carbonyl (C=O) groups is 3. The first-order valence-corrected chi connectivity index (χ1v) is 12.0. The lowest BCUT2D eigenvalue weighted by molar-refractivity contribution is -0.148. The lowest BCUT2D eigenvalue weighted by atomic mass is 9.58. The van der Waals surface area contributed by atoms with Crippen LogP contribution < -0.4 is 11.2 Å². The van der Waals surface area contributed by atoms with Crippen molar-refractivity contribution in [2.75, 3.05) is 14.1 Å². The van der Waals surface area contributed by atoms with Crippen molar-refractivity contribution in [3.8, 4) is 5.75 Å². The summed E-state index contributed by atoms with van der Waals surface area (Å²) in [6, 6.07) is 2.01. The van der Waals surface area contributed by atoms with Crippen molar-refractivity contribution in [1.82, 2.24) is 10.4 Å². The summed E-state index contributed by atoms with van der Waals surface area (Å²) in [4.78, 5) is 46.1. The smallest absolute Gasteiger partial charge is 0.255 e. The third-order valence-electron chi connectivity index (χ3n) is 7.34. The molecule has 7 N–H and O–H groups in total. The highest BCUT2D eigenvalue weighted by Crippen LogP contribution is 2.52. The van der Waals surface area contributed by atoms with E-state index in [2.05, 4.69) is 5.48 Å². The molecule has 0 radical (unpaired) electrons. The number of amides is 1. The van der Waals surface area contributed by atoms with Crippen LogP contribution in [0.15, 0.2) is 34.8 Å². The number of hydrogen-bond donors (Lipinski definition) is 6. The van der Waals surface area contributed by atoms with Crippen LogP contribution in [0.25, 0.3) is 0 Å². The molecule has 3 aliphatic rings. The van der Waals surface area contributed by atoms with E-state index in [9.17, 15) is 34.8 Å². The molecule has 0 saturated heterocycles. The molecule has 4 atom stereocenters. The number of allylic oxidation sites excluding steroid dienone is 1. The van der Waals surface area contributed by atoms with Gasteiger partial charge in [-0.25, -0.2) is 0 Å². The second-order valence-electron chi connectivity index (χ2n) is 11.1. The molecule has 37 heavy (non-hydrogen) atoms. The molecule has 200 valence electrons. The topological polar surface area (TPSA) is 183 Å². The number of aromatic hydroxyl groups is 1. The quantitative estimate of drug-likeness (QED) is 0.244. The van der Waals surface area contributed by atoms with Gasteiger partial charge in [-0.15, -0.1) is 0 Å². The molecule has 0 spiro atoms. The van der Waals surface area contributed by atoms with Crippen LogP contribution >= 0.6 is 0 Å². The number of nitrogens with two attached hydrogens (primary N) is 1. The summed E-state index contributed by atoms with van der Waals surface area (Å²) in [5, 5.41) is 44.3. The number of primary amides is 1. The van der Waals surface area contributed by atoms with Crippen molar-refractivity contribution < 1.29 is 39.6 Å². The summed E-state index contributed by atoms with van der Waals surface area (Å²) < 4.78 is 0. The molecule has 3 aliphatic carbocycles. The SMILES string of the molecule is CN(C)[C@@H]1C(O)=C(C(N)=O)C(=O)[C@@]2(O)C(O)=C3C(=O)c4c(O)ccc(CNOC(C)(C)C)c4C[C@H]3C[C@@H]12. The number of Topliss-reactive ketones (excluding diaryl/α,β-unsaturated/α-hetero) is 2. The first kappa shape index (κ1) is 26.8. The number of aliphatic hydroxyl groups is 3. The minimum atomic E-state index is -2.65. The highest BCUT2D eigenvalue weighted by molar-refractivity contribution is 6.24. The van der Waals surface area contributed by atoms with Crippen LogP contribution in [-0.2, 0) is 27.4 Å². The van der Waals surface area contributed by atoms with Gasteiger partial charge < -0.3 is 26.2 Å². The van der Waals surface area contributed by atoms with Crippen molar-refractivity contribution in [1.29, 1.82) is 0 Å². The highest BCUT2D eigenvalue weighted by Gasteiger charge is 2.63. The number of carbonyl (C=O) groups excluding carboxylic acids is 3. The summed E-state index contributed by atoms with van der Waals surface area (Å²) in [6.45, 7) is 5.86. The second kappa shape index (κ2) is 8.95. The Kier molecular flexibility index (Phi) is 6.48. The molecule has 0 unspecified atom stereocenters. The van der Waals surface area contributed by atoms with Gasteiger partial charge in [0.1, 0.15) is 22.8 Å². The number of hydrogen-bond acceptors (Lipinski definition) is 10. The predicted molar refractivity (Wildman–Crippen MR) is 131 cm³/mol. The lowest BCUT2D eigenvalue weighted by Crippen LogP contribution is -2.63. The predicted octanol–water partition coefficient (Wildman–Crippen LogP) is 0.940. The Morgan fingerprint density at radius 3 is 2.43 bits per heavy atom. The van der Waals surface area contributed by atoms with Crippen molar-refractivity contribution >= 4 is 17.5 Å². The Balaban J connectivity index is 1.84. The van der Waals surface area contributed by atoms with E-state index in [4.69, 9.17) is 10.6 Å². The number of nitrogens with zero attached hydrogens (tertiary/aromatic N) is 1. The van der Waals surface area contributed by atoms with Crippen LogP contribution in [0.4, 0.5) is 0 Å². The zero-order chi connectivity index (χ0) is 27.6. The number of likely N-dealkylation sites (N-methyl/N-ethyl adjacent to an activating group) is 1. The Bertz CT molecular complexity index is 1260. The summed E-state index contributed by atoms with van der Waals surface area (Å²) in [5.74, 6) is -6.72. The molecule has 11 heteroatoms. The number of hydroxylamine groups is 1. The summed E-state index contributed by atoms with van der Waals surface area (Å²) >= 11 is 0. The van der Waals surface area contributed by atoms with Crippen LogP contribution in [0.1, 0.15) is 48.7 Å². The number of benzene rings is 1. The van der Waals surface area contributed by atoms with Gasteiger partial charge in [0.15, 0.2) is 11.4 Å². The average molecular weight is 516 g/mol. The standard InChI is InChI=1S/C26H33N3O8/c1-25(2,3)37-28-10-11-6-7-15(30)17-13(11)8-12-9-14-19(29(4)5)21(32)18(24(27)35)23(34)26(14,36)22(33)16(12)20(17)31/h6-7,12,14,19,28,30,32-33,36H,8-10H2,1-5H3,(H2,27,35)/t12-,14-,19-,26-/m0/s1. The monoisotopic (exact) mass is 515 g/mol. The van der Waals surface area contributed by atoms with Gasteiger partial charge in [0.25, 0.3) is 5.91 Å². The number of phenols is 1. The molecule has 11 nitrogen and oxygen atoms in total. The average Bonchev–Trinajstić information content (AvgIpc) is 2.76. The van der Waals surface area contributed by atoms with Crippen LogP contribution in [-0.4, -0.2) is 74.1 Å². The maximum atomic E-state index is 13.7. The van der Waals surface area contributed by atoms with Gasteiger partial charge in [-0.2, -0.15) is 5.48 Å². The minimum absolute atomic E-state index is 0.0316. The molecular formula is C26H33N3O8. The van der Waals surface area contributed by atoms with E-state index >= 15 is 0 Å². The molecule has 4 rings (SSSR count). The number of nitrogens with one attached hydrogen (secondary N) is 1. The third kappa shape index (κ3) is 4.11. The molecule has 0 aliphatic heterocycles. The number of ketones is 2. The minimum Gasteiger partial charge on any atom is -0.510 e. The molecule has 0 bridgehead atoms. The fourth-order valence-corrected chi connectivity index (χ4v) is 5.81. The van der Waals surface area contributed by atoms with E-state index in [1.807, 2.05) is 20.8 Å². The van der Waals surface area contributed by atoms with E-state index < -0.39 is 63.6 Å². The fourth-order valence-electron chi connectivity index (χ4n) is 5.81. The largest absolute Gasteiger partial charge is 0.510 e. The molecule has 1 aromatic rings. The Hall–Kier alpha value is -3.25. The number of rotatable bonds is 5. The maximum Gasteiger partial charge on any atom is 0.255 e. The highest BCUT2D eigenvalue weighted by atomic mass is 16.7. The van der Waals surface area contributed by atoms with Crippen LogP contribution in [0, 0.1) is 11.8 Å². The van der Waals surface area contributed by atoms with E-state index in [0.29, 0.717) is 11.1 Å². The Morgan fingerprint density at radius 1 is 1.22 bits per heavy atom. The molecule has 0 aromatic heterocycles. The van der Waals surface area contributed by atoms with E-state index in [-0.39, 0.29) is 36.3 Å². The van der Waals surface area contributed by atoms with Crippen molar-refractivity contribution in [2.24, 2.45) is 17.6 Å². The van der Waals surface area contributed by atoms with Gasteiger partial charge in [-0.1, -0.05) is 6.07 Å². The molecular weight excluding hydrogens is 482 g/mol. The van der Waals surface area contributed by atoms with Crippen LogP contribution in [0.2, 0.25) is 0 Å². The number of fused-ring (bicyclic) bond motifs is 3. The van der Waals surface area contributed by atoms with Gasteiger partial charge in [-0.3, -0.25) is 24.1 Å². The van der Waals surface area contributed by atoms with Gasteiger partial charge in [0.2, 0.25) is 5.78 Å². The zero-order valence-electron chi connectivity index (χ0n) is 21.5. The van der Waals surface area contributed by atoms with Gasteiger partial charge in [0.05, 0.1) is 17.2 Å². The first-order chi connectivity index (χ1) is 17.1. The fraction of sp³-hybridized carbons (Fsp3) is 0.500. The molecule has 1 amide bonds. The molecule has 0 fully saturated rings. The lowest BCUT2D eigenvalue weighted by Gasteiger charge is -2.50. The zero-order valence-corrected chi connectivity index (χ0v) is 21.5. The van der Waals surface area contributed by atoms with Crippen molar-refractivity contribution in [3.63, 3.8) is 0 Å². The molecule has 1 aromatic carbocycles. The van der Waals surface area contributed by atoms with E-state index in [1.165, 1.54) is 11.0 Å². The Labute approximate surface area is 214 Å². The van der Waals surface area contributed by atoms with Gasteiger partial charge in [-0.05, 0) is 70.8 Å². The summed E-state index contributed by atoms with van der Waals surface area (Å²) in [7, 11) is 3.18. The molecule has 0 heterocycles. The van der Waals surface area contributed by atoms with Crippen molar-refractivity contribution in [3.05, 3.63) is 51.5 Å².